The van der Waals surface area contributed by atoms with Gasteiger partial charge in [-0.2, -0.15) is 0 Å². The van der Waals surface area contributed by atoms with Gasteiger partial charge in [0.2, 0.25) is 0 Å². The molecule has 1 heterocycles. The predicted molar refractivity (Wildman–Crippen MR) is 65.9 cm³/mol. The van der Waals surface area contributed by atoms with Crippen LogP contribution in [-0.2, 0) is 0 Å². The normalized spacial score (nSPS) is 16.1. The lowest BCUT2D eigenvalue weighted by Crippen LogP contribution is -2.35. The smallest absolute Gasteiger partial charge is 0.338 e. The monoisotopic (exact) mass is 268 g/mol. The molecule has 0 bridgehead atoms. The summed E-state index contributed by atoms with van der Waals surface area (Å²) in [6, 6.07) is 1.27. The summed E-state index contributed by atoms with van der Waals surface area (Å²) in [6.07, 6.45) is 3.47. The average Bonchev–Trinajstić information content (AvgIpc) is 3.12. The van der Waals surface area contributed by atoms with E-state index in [0.29, 0.717) is 5.92 Å². The summed E-state index contributed by atoms with van der Waals surface area (Å²) >= 11 is 5.67. The highest BCUT2D eigenvalue weighted by molar-refractivity contribution is 6.31. The highest BCUT2D eigenvalue weighted by atomic mass is 35.5. The Bertz CT molecular complexity index is 500. The molecule has 0 radical (unpaired) electrons. The third-order valence-corrected chi connectivity index (χ3v) is 3.19. The first kappa shape index (κ1) is 12.8. The summed E-state index contributed by atoms with van der Waals surface area (Å²) in [5, 5.41) is 12.0. The number of halogens is 1. The summed E-state index contributed by atoms with van der Waals surface area (Å²) in [7, 11) is 0. The van der Waals surface area contributed by atoms with E-state index >= 15 is 0 Å². The van der Waals surface area contributed by atoms with Gasteiger partial charge in [0.05, 0.1) is 10.6 Å². The largest absolute Gasteiger partial charge is 0.478 e. The molecule has 18 heavy (non-hydrogen) atoms. The molecule has 5 nitrogen and oxygen atoms in total. The maximum atomic E-state index is 11.9. The molecule has 2 N–H and O–H groups in total. The van der Waals surface area contributed by atoms with Crippen molar-refractivity contribution in [2.45, 2.75) is 25.8 Å². The third-order valence-electron chi connectivity index (χ3n) is 2.99. The van der Waals surface area contributed by atoms with Gasteiger partial charge in [-0.25, -0.2) is 9.78 Å². The molecule has 6 heteroatoms. The topological polar surface area (TPSA) is 79.3 Å². The number of hydrogen-bond acceptors (Lipinski definition) is 3. The van der Waals surface area contributed by atoms with Gasteiger partial charge < -0.3 is 10.4 Å². The minimum atomic E-state index is -1.21. The van der Waals surface area contributed by atoms with Crippen LogP contribution in [0.25, 0.3) is 0 Å². The number of amides is 1. The molecule has 0 aliphatic heterocycles. The molecular formula is C12H13ClN2O3. The molecule has 1 aromatic rings. The Kier molecular flexibility index (Phi) is 3.52. The van der Waals surface area contributed by atoms with Crippen LogP contribution >= 0.6 is 11.6 Å². The molecule has 1 unspecified atom stereocenters. The molecule has 96 valence electrons. The first-order valence-corrected chi connectivity index (χ1v) is 6.06. The van der Waals surface area contributed by atoms with Crippen LogP contribution in [0.1, 0.15) is 40.6 Å². The van der Waals surface area contributed by atoms with Crippen LogP contribution in [0.3, 0.4) is 0 Å². The molecule has 1 fully saturated rings. The van der Waals surface area contributed by atoms with Gasteiger partial charge in [0.15, 0.2) is 0 Å². The molecule has 1 aromatic heterocycles. The summed E-state index contributed by atoms with van der Waals surface area (Å²) in [5.41, 5.74) is -0.276. The number of aromatic nitrogens is 1. The van der Waals surface area contributed by atoms with Gasteiger partial charge in [-0.05, 0) is 31.7 Å². The van der Waals surface area contributed by atoms with Crippen LogP contribution in [0.4, 0.5) is 0 Å². The van der Waals surface area contributed by atoms with E-state index in [2.05, 4.69) is 10.3 Å². The number of nitrogens with zero attached hydrogens (tertiary/aromatic N) is 1. The minimum absolute atomic E-state index is 0.0385. The van der Waals surface area contributed by atoms with E-state index in [0.717, 1.165) is 12.8 Å². The van der Waals surface area contributed by atoms with Gasteiger partial charge in [-0.15, -0.1) is 0 Å². The summed E-state index contributed by atoms with van der Waals surface area (Å²) < 4.78 is 0. The Balaban J connectivity index is 2.20. The van der Waals surface area contributed by atoms with E-state index in [1.165, 1.54) is 12.3 Å². The van der Waals surface area contributed by atoms with Crippen LogP contribution in [-0.4, -0.2) is 28.0 Å². The SMILES string of the molecule is CC(NC(=O)c1ncc(Cl)cc1C(=O)O)C1CC1. The van der Waals surface area contributed by atoms with E-state index in [-0.39, 0.29) is 22.3 Å². The Labute approximate surface area is 109 Å². The lowest BCUT2D eigenvalue weighted by atomic mass is 10.1. The van der Waals surface area contributed by atoms with Gasteiger partial charge in [0.1, 0.15) is 5.69 Å². The van der Waals surface area contributed by atoms with E-state index < -0.39 is 11.9 Å². The number of rotatable bonds is 4. The molecule has 1 atom stereocenters. The maximum absolute atomic E-state index is 11.9. The summed E-state index contributed by atoms with van der Waals surface area (Å²) in [5.74, 6) is -1.19. The van der Waals surface area contributed by atoms with Crippen LogP contribution < -0.4 is 5.32 Å². The molecule has 1 amide bonds. The van der Waals surface area contributed by atoms with Gasteiger partial charge in [0, 0.05) is 12.2 Å². The number of aromatic carboxylic acids is 1. The van der Waals surface area contributed by atoms with Gasteiger partial charge in [-0.3, -0.25) is 4.79 Å². The van der Waals surface area contributed by atoms with Crippen molar-refractivity contribution in [3.63, 3.8) is 0 Å². The zero-order valence-electron chi connectivity index (χ0n) is 9.81. The van der Waals surface area contributed by atoms with Crippen LogP contribution in [0.5, 0.6) is 0 Å². The van der Waals surface area contributed by atoms with E-state index in [1.54, 1.807) is 0 Å². The zero-order valence-corrected chi connectivity index (χ0v) is 10.6. The number of carboxylic acid groups (broad SMARTS) is 1. The standard InChI is InChI=1S/C12H13ClN2O3/c1-6(7-2-3-7)15-11(16)10-9(12(17)18)4-8(13)5-14-10/h4-7H,2-3H2,1H3,(H,15,16)(H,17,18). The second-order valence-electron chi connectivity index (χ2n) is 4.45. The van der Waals surface area contributed by atoms with Gasteiger partial charge in [-0.1, -0.05) is 11.6 Å². The van der Waals surface area contributed by atoms with Crippen molar-refractivity contribution in [1.82, 2.24) is 10.3 Å². The second kappa shape index (κ2) is 4.94. The molecule has 0 saturated heterocycles. The highest BCUT2D eigenvalue weighted by Gasteiger charge is 2.30. The van der Waals surface area contributed by atoms with Crippen molar-refractivity contribution in [3.8, 4) is 0 Å². The quantitative estimate of drug-likeness (QED) is 0.875. The molecule has 1 aliphatic rings. The Morgan fingerprint density at radius 1 is 1.56 bits per heavy atom. The Hall–Kier alpha value is -1.62. The lowest BCUT2D eigenvalue weighted by Gasteiger charge is -2.13. The third kappa shape index (κ3) is 2.79. The Morgan fingerprint density at radius 3 is 2.78 bits per heavy atom. The lowest BCUT2D eigenvalue weighted by molar-refractivity contribution is 0.0689. The van der Waals surface area contributed by atoms with Gasteiger partial charge >= 0.3 is 5.97 Å². The van der Waals surface area contributed by atoms with Crippen molar-refractivity contribution in [2.24, 2.45) is 5.92 Å². The molecule has 0 aromatic carbocycles. The van der Waals surface area contributed by atoms with E-state index in [1.807, 2.05) is 6.92 Å². The second-order valence-corrected chi connectivity index (χ2v) is 4.89. The number of pyridine rings is 1. The maximum Gasteiger partial charge on any atom is 0.338 e. The average molecular weight is 269 g/mol. The number of carbonyl (C=O) groups excluding carboxylic acids is 1. The first-order chi connectivity index (χ1) is 8.49. The van der Waals surface area contributed by atoms with Crippen molar-refractivity contribution in [3.05, 3.63) is 28.5 Å². The summed E-state index contributed by atoms with van der Waals surface area (Å²) in [4.78, 5) is 26.8. The van der Waals surface area contributed by atoms with Crippen LogP contribution in [0.15, 0.2) is 12.3 Å². The minimum Gasteiger partial charge on any atom is -0.478 e. The number of nitrogens with one attached hydrogen (secondary N) is 1. The van der Waals surface area contributed by atoms with Crippen molar-refractivity contribution in [2.75, 3.05) is 0 Å². The summed E-state index contributed by atoms with van der Waals surface area (Å²) in [6.45, 7) is 1.91. The Morgan fingerprint density at radius 2 is 2.22 bits per heavy atom. The number of hydrogen-bond donors (Lipinski definition) is 2. The van der Waals surface area contributed by atoms with Crippen molar-refractivity contribution < 1.29 is 14.7 Å². The first-order valence-electron chi connectivity index (χ1n) is 5.68. The molecule has 0 spiro atoms. The molecule has 1 aliphatic carbocycles. The van der Waals surface area contributed by atoms with Crippen molar-refractivity contribution in [1.29, 1.82) is 0 Å². The van der Waals surface area contributed by atoms with E-state index in [9.17, 15) is 9.59 Å². The number of carbonyl (C=O) groups is 2. The zero-order chi connectivity index (χ0) is 13.3. The fourth-order valence-corrected chi connectivity index (χ4v) is 1.93. The van der Waals surface area contributed by atoms with Crippen molar-refractivity contribution >= 4 is 23.5 Å². The molecular weight excluding hydrogens is 256 g/mol. The molecule has 1 saturated carbocycles. The van der Waals surface area contributed by atoms with Crippen LogP contribution in [0.2, 0.25) is 5.02 Å². The van der Waals surface area contributed by atoms with Gasteiger partial charge in [0.25, 0.3) is 5.91 Å². The fourth-order valence-electron chi connectivity index (χ4n) is 1.77. The van der Waals surface area contributed by atoms with E-state index in [4.69, 9.17) is 16.7 Å². The fraction of sp³-hybridized carbons (Fsp3) is 0.417. The highest BCUT2D eigenvalue weighted by Crippen LogP contribution is 2.32. The van der Waals surface area contributed by atoms with Crippen LogP contribution in [0, 0.1) is 5.92 Å². The number of carboxylic acids is 1. The predicted octanol–water partition coefficient (Wildman–Crippen LogP) is 1.96. The molecule has 2 rings (SSSR count).